The quantitative estimate of drug-likeness (QED) is 0.594. The number of aryl methyl sites for hydroxylation is 4. The molecule has 28 heavy (non-hydrogen) atoms. The highest BCUT2D eigenvalue weighted by molar-refractivity contribution is 6.00. The lowest BCUT2D eigenvalue weighted by Crippen LogP contribution is -2.19. The molecule has 0 spiro atoms. The molecule has 1 amide bonds. The Hall–Kier alpha value is -3.48. The maximum atomic E-state index is 12.8. The third-order valence-electron chi connectivity index (χ3n) is 4.62. The lowest BCUT2D eigenvalue weighted by atomic mass is 10.2. The van der Waals surface area contributed by atoms with Crippen LogP contribution in [0.2, 0.25) is 0 Å². The number of nitrogens with zero attached hydrogens (tertiary/aromatic N) is 5. The second-order valence-electron chi connectivity index (χ2n) is 7.00. The zero-order valence-electron chi connectivity index (χ0n) is 16.4. The van der Waals surface area contributed by atoms with Crippen molar-refractivity contribution in [2.45, 2.75) is 27.3 Å². The zero-order chi connectivity index (χ0) is 19.8. The number of pyridine rings is 1. The van der Waals surface area contributed by atoms with E-state index in [1.165, 1.54) is 0 Å². The smallest absolute Gasteiger partial charge is 0.245 e. The number of fused-ring (bicyclic) bond motifs is 1. The van der Waals surface area contributed by atoms with Gasteiger partial charge < -0.3 is 9.88 Å². The number of benzene rings is 1. The van der Waals surface area contributed by atoms with Crippen LogP contribution in [0.1, 0.15) is 17.0 Å². The molecular formula is C21H22N6O. The van der Waals surface area contributed by atoms with E-state index in [2.05, 4.69) is 20.4 Å². The van der Waals surface area contributed by atoms with Gasteiger partial charge in [-0.15, -0.1) is 0 Å². The molecule has 0 aliphatic carbocycles. The molecule has 0 radical (unpaired) electrons. The number of nitrogens with one attached hydrogen (secondary N) is 1. The van der Waals surface area contributed by atoms with Gasteiger partial charge in [0.05, 0.1) is 11.1 Å². The van der Waals surface area contributed by atoms with Crippen LogP contribution < -0.4 is 5.32 Å². The summed E-state index contributed by atoms with van der Waals surface area (Å²) < 4.78 is 3.56. The molecule has 0 aliphatic rings. The number of carbonyl (C=O) groups excluding carboxylic acids is 1. The number of imidazole rings is 1. The first kappa shape index (κ1) is 17.9. The van der Waals surface area contributed by atoms with Gasteiger partial charge in [0.25, 0.3) is 0 Å². The van der Waals surface area contributed by atoms with Crippen LogP contribution in [-0.2, 0) is 18.4 Å². The Morgan fingerprint density at radius 2 is 1.82 bits per heavy atom. The topological polar surface area (TPSA) is 77.6 Å². The van der Waals surface area contributed by atoms with Crippen LogP contribution in [0, 0.1) is 20.8 Å². The van der Waals surface area contributed by atoms with E-state index in [4.69, 9.17) is 0 Å². The van der Waals surface area contributed by atoms with E-state index in [0.29, 0.717) is 5.82 Å². The fourth-order valence-electron chi connectivity index (χ4n) is 3.49. The van der Waals surface area contributed by atoms with Gasteiger partial charge in [0.15, 0.2) is 11.5 Å². The molecule has 4 rings (SSSR count). The third-order valence-corrected chi connectivity index (χ3v) is 4.62. The summed E-state index contributed by atoms with van der Waals surface area (Å²) >= 11 is 0. The number of carbonyl (C=O) groups is 1. The standard InChI is InChI=1S/C21H22N6O/c1-13-10-14(2)22-21-18(13)19(25-26(21)4)24-17(28)12-27-11-15(3)23-20(27)16-8-6-5-7-9-16/h5-11H,12H2,1-4H3,(H,24,25,28). The van der Waals surface area contributed by atoms with Crippen molar-refractivity contribution in [2.24, 2.45) is 7.05 Å². The van der Waals surface area contributed by atoms with Gasteiger partial charge in [0.1, 0.15) is 12.4 Å². The Morgan fingerprint density at radius 1 is 1.07 bits per heavy atom. The summed E-state index contributed by atoms with van der Waals surface area (Å²) in [6.45, 7) is 6.03. The van der Waals surface area contributed by atoms with Crippen LogP contribution in [0.25, 0.3) is 22.4 Å². The van der Waals surface area contributed by atoms with E-state index in [1.54, 1.807) is 4.68 Å². The van der Waals surface area contributed by atoms with Crippen LogP contribution in [0.15, 0.2) is 42.6 Å². The summed E-state index contributed by atoms with van der Waals surface area (Å²) in [5.74, 6) is 1.15. The summed E-state index contributed by atoms with van der Waals surface area (Å²) in [5, 5.41) is 8.27. The van der Waals surface area contributed by atoms with Gasteiger partial charge in [-0.3, -0.25) is 4.79 Å². The Balaban J connectivity index is 1.63. The number of hydrogen-bond acceptors (Lipinski definition) is 4. The third kappa shape index (κ3) is 3.26. The van der Waals surface area contributed by atoms with Gasteiger partial charge in [-0.25, -0.2) is 14.6 Å². The molecule has 0 saturated carbocycles. The van der Waals surface area contributed by atoms with Crippen LogP contribution in [-0.4, -0.2) is 30.2 Å². The number of amides is 1. The summed E-state index contributed by atoms with van der Waals surface area (Å²) in [5.41, 5.74) is 4.56. The number of rotatable bonds is 4. The summed E-state index contributed by atoms with van der Waals surface area (Å²) in [4.78, 5) is 21.9. The van der Waals surface area contributed by atoms with E-state index < -0.39 is 0 Å². The minimum absolute atomic E-state index is 0.154. The first-order valence-corrected chi connectivity index (χ1v) is 9.12. The van der Waals surface area contributed by atoms with E-state index in [-0.39, 0.29) is 12.5 Å². The zero-order valence-corrected chi connectivity index (χ0v) is 16.4. The Bertz CT molecular complexity index is 1170. The molecule has 0 aliphatic heterocycles. The van der Waals surface area contributed by atoms with Crippen molar-refractivity contribution >= 4 is 22.8 Å². The lowest BCUT2D eigenvalue weighted by molar-refractivity contribution is -0.116. The lowest BCUT2D eigenvalue weighted by Gasteiger charge is -2.08. The summed E-state index contributed by atoms with van der Waals surface area (Å²) in [6.07, 6.45) is 1.88. The molecular weight excluding hydrogens is 352 g/mol. The molecule has 0 unspecified atom stereocenters. The number of aromatic nitrogens is 5. The monoisotopic (exact) mass is 374 g/mol. The largest absolute Gasteiger partial charge is 0.321 e. The molecule has 142 valence electrons. The van der Waals surface area contributed by atoms with E-state index in [1.807, 2.05) is 75.0 Å². The van der Waals surface area contributed by atoms with Crippen LogP contribution in [0.4, 0.5) is 5.82 Å². The van der Waals surface area contributed by atoms with Gasteiger partial charge in [-0.05, 0) is 32.4 Å². The van der Waals surface area contributed by atoms with Crippen LogP contribution in [0.3, 0.4) is 0 Å². The average molecular weight is 374 g/mol. The van der Waals surface area contributed by atoms with Crippen molar-refractivity contribution in [2.75, 3.05) is 5.32 Å². The minimum Gasteiger partial charge on any atom is -0.321 e. The fraction of sp³-hybridized carbons (Fsp3) is 0.238. The van der Waals surface area contributed by atoms with Crippen molar-refractivity contribution < 1.29 is 4.79 Å². The minimum atomic E-state index is -0.158. The van der Waals surface area contributed by atoms with Gasteiger partial charge in [0.2, 0.25) is 5.91 Å². The Labute approximate surface area is 163 Å². The molecule has 7 nitrogen and oxygen atoms in total. The maximum Gasteiger partial charge on any atom is 0.245 e. The molecule has 7 heteroatoms. The van der Waals surface area contributed by atoms with Crippen molar-refractivity contribution in [3.63, 3.8) is 0 Å². The highest BCUT2D eigenvalue weighted by Gasteiger charge is 2.17. The summed E-state index contributed by atoms with van der Waals surface area (Å²) in [6, 6.07) is 11.8. The van der Waals surface area contributed by atoms with Gasteiger partial charge >= 0.3 is 0 Å². The molecule has 0 fully saturated rings. The van der Waals surface area contributed by atoms with Crippen molar-refractivity contribution in [3.8, 4) is 11.4 Å². The molecule has 0 bridgehead atoms. The Morgan fingerprint density at radius 3 is 2.57 bits per heavy atom. The molecule has 3 heterocycles. The molecule has 0 atom stereocenters. The fourth-order valence-corrected chi connectivity index (χ4v) is 3.49. The molecule has 3 aromatic heterocycles. The van der Waals surface area contributed by atoms with E-state index >= 15 is 0 Å². The highest BCUT2D eigenvalue weighted by atomic mass is 16.2. The van der Waals surface area contributed by atoms with Crippen molar-refractivity contribution in [3.05, 3.63) is 59.5 Å². The molecule has 4 aromatic rings. The van der Waals surface area contributed by atoms with Gasteiger partial charge in [-0.1, -0.05) is 30.3 Å². The molecule has 1 aromatic carbocycles. The summed E-state index contributed by atoms with van der Waals surface area (Å²) in [7, 11) is 1.83. The number of hydrogen-bond donors (Lipinski definition) is 1. The maximum absolute atomic E-state index is 12.8. The number of anilines is 1. The molecule has 0 saturated heterocycles. The van der Waals surface area contributed by atoms with Crippen LogP contribution in [0.5, 0.6) is 0 Å². The second kappa shape index (κ2) is 6.92. The average Bonchev–Trinajstić information content (AvgIpc) is 3.15. The second-order valence-corrected chi connectivity index (χ2v) is 7.00. The van der Waals surface area contributed by atoms with Gasteiger partial charge in [-0.2, -0.15) is 5.10 Å². The SMILES string of the molecule is Cc1cn(CC(=O)Nc2nn(C)c3nc(C)cc(C)c23)c(-c2ccccc2)n1. The Kier molecular flexibility index (Phi) is 4.43. The normalized spacial score (nSPS) is 11.1. The van der Waals surface area contributed by atoms with Gasteiger partial charge in [0, 0.05) is 24.5 Å². The predicted octanol–water partition coefficient (Wildman–Crippen LogP) is 3.40. The van der Waals surface area contributed by atoms with E-state index in [9.17, 15) is 4.79 Å². The van der Waals surface area contributed by atoms with Crippen molar-refractivity contribution in [1.82, 2.24) is 24.3 Å². The first-order chi connectivity index (χ1) is 13.4. The van der Waals surface area contributed by atoms with Crippen LogP contribution >= 0.6 is 0 Å². The van der Waals surface area contributed by atoms with Crippen molar-refractivity contribution in [1.29, 1.82) is 0 Å². The highest BCUT2D eigenvalue weighted by Crippen LogP contribution is 2.25. The first-order valence-electron chi connectivity index (χ1n) is 9.12. The van der Waals surface area contributed by atoms with E-state index in [0.717, 1.165) is 39.4 Å². The predicted molar refractivity (Wildman–Crippen MR) is 109 cm³/mol. The molecule has 1 N–H and O–H groups in total.